The predicted molar refractivity (Wildman–Crippen MR) is 82.7 cm³/mol. The van der Waals surface area contributed by atoms with Gasteiger partial charge >= 0.3 is 12.0 Å². The summed E-state index contributed by atoms with van der Waals surface area (Å²) in [5.41, 5.74) is -0.450. The van der Waals surface area contributed by atoms with Crippen LogP contribution in [-0.2, 0) is 4.79 Å². The van der Waals surface area contributed by atoms with Gasteiger partial charge in [-0.2, -0.15) is 0 Å². The van der Waals surface area contributed by atoms with E-state index in [1.165, 1.54) is 11.3 Å². The molecule has 0 atom stereocenters. The van der Waals surface area contributed by atoms with Gasteiger partial charge in [-0.05, 0) is 25.0 Å². The van der Waals surface area contributed by atoms with Crippen molar-refractivity contribution in [2.75, 3.05) is 5.32 Å². The van der Waals surface area contributed by atoms with Crippen LogP contribution in [0.4, 0.5) is 9.93 Å². The third kappa shape index (κ3) is 3.13. The Morgan fingerprint density at radius 1 is 1.29 bits per heavy atom. The van der Waals surface area contributed by atoms with Crippen molar-refractivity contribution in [2.24, 2.45) is 0 Å². The lowest BCUT2D eigenvalue weighted by Crippen LogP contribution is -2.54. The zero-order valence-electron chi connectivity index (χ0n) is 11.8. The Morgan fingerprint density at radius 2 is 1.95 bits per heavy atom. The van der Waals surface area contributed by atoms with Crippen molar-refractivity contribution in [3.8, 4) is 0 Å². The topological polar surface area (TPSA) is 91.3 Å². The molecule has 21 heavy (non-hydrogen) atoms. The highest BCUT2D eigenvalue weighted by Gasteiger charge is 2.36. The number of carboxylic acid groups (broad SMARTS) is 1. The Kier molecular flexibility index (Phi) is 4.42. The lowest BCUT2D eigenvalue weighted by atomic mass is 9.93. The molecule has 0 aliphatic heterocycles. The van der Waals surface area contributed by atoms with Crippen molar-refractivity contribution < 1.29 is 14.7 Å². The number of para-hydroxylation sites is 1. The molecule has 7 heteroatoms. The van der Waals surface area contributed by atoms with E-state index in [1.54, 1.807) is 13.8 Å². The summed E-state index contributed by atoms with van der Waals surface area (Å²) in [6.45, 7) is 3.46. The largest absolute Gasteiger partial charge is 0.480 e. The minimum atomic E-state index is -1.25. The second kappa shape index (κ2) is 6.09. The fourth-order valence-corrected chi connectivity index (χ4v) is 2.91. The average molecular weight is 307 g/mol. The van der Waals surface area contributed by atoms with Crippen molar-refractivity contribution in [2.45, 2.75) is 32.2 Å². The van der Waals surface area contributed by atoms with Gasteiger partial charge < -0.3 is 10.4 Å². The summed E-state index contributed by atoms with van der Waals surface area (Å²) in [6, 6.07) is 6.98. The first kappa shape index (κ1) is 15.2. The highest BCUT2D eigenvalue weighted by Crippen LogP contribution is 2.25. The number of thiazole rings is 1. The van der Waals surface area contributed by atoms with Gasteiger partial charge in [0.2, 0.25) is 0 Å². The number of benzene rings is 1. The number of carbonyl (C=O) groups is 2. The Labute approximate surface area is 126 Å². The summed E-state index contributed by atoms with van der Waals surface area (Å²) in [7, 11) is 0. The van der Waals surface area contributed by atoms with Gasteiger partial charge in [-0.15, -0.1) is 0 Å². The first-order valence-corrected chi connectivity index (χ1v) is 7.50. The molecule has 0 aliphatic carbocycles. The normalized spacial score (nSPS) is 11.3. The number of hydrogen-bond acceptors (Lipinski definition) is 4. The Balaban J connectivity index is 2.12. The Bertz CT molecular complexity index is 631. The molecule has 0 radical (unpaired) electrons. The number of nitrogens with one attached hydrogen (secondary N) is 2. The second-order valence-electron chi connectivity index (χ2n) is 4.66. The molecule has 0 saturated heterocycles. The quantitative estimate of drug-likeness (QED) is 0.791. The van der Waals surface area contributed by atoms with Gasteiger partial charge in [0.1, 0.15) is 5.54 Å². The van der Waals surface area contributed by atoms with Crippen molar-refractivity contribution >= 4 is 38.7 Å². The van der Waals surface area contributed by atoms with E-state index in [9.17, 15) is 14.7 Å². The third-order valence-electron chi connectivity index (χ3n) is 3.48. The maximum absolute atomic E-state index is 12.0. The molecule has 0 unspecified atom stereocenters. The zero-order chi connectivity index (χ0) is 15.5. The number of fused-ring (bicyclic) bond motifs is 1. The summed E-state index contributed by atoms with van der Waals surface area (Å²) in [4.78, 5) is 27.6. The minimum Gasteiger partial charge on any atom is -0.480 e. The molecule has 3 N–H and O–H groups in total. The fraction of sp³-hybridized carbons (Fsp3) is 0.357. The van der Waals surface area contributed by atoms with Crippen LogP contribution in [0.2, 0.25) is 0 Å². The van der Waals surface area contributed by atoms with Crippen LogP contribution in [0.5, 0.6) is 0 Å². The average Bonchev–Trinajstić information content (AvgIpc) is 2.86. The number of nitrogens with zero attached hydrogens (tertiary/aromatic N) is 1. The highest BCUT2D eigenvalue weighted by molar-refractivity contribution is 7.22. The molecule has 1 heterocycles. The first-order valence-electron chi connectivity index (χ1n) is 6.69. The third-order valence-corrected chi connectivity index (χ3v) is 4.44. The van der Waals surface area contributed by atoms with E-state index in [2.05, 4.69) is 15.6 Å². The van der Waals surface area contributed by atoms with Crippen LogP contribution in [0, 0.1) is 0 Å². The summed E-state index contributed by atoms with van der Waals surface area (Å²) >= 11 is 1.34. The minimum absolute atomic E-state index is 0.312. The number of amides is 2. The van der Waals surface area contributed by atoms with Crippen molar-refractivity contribution in [1.82, 2.24) is 10.3 Å². The van der Waals surface area contributed by atoms with Gasteiger partial charge in [0.15, 0.2) is 5.13 Å². The Hall–Kier alpha value is -2.15. The van der Waals surface area contributed by atoms with Gasteiger partial charge in [0, 0.05) is 0 Å². The van der Waals surface area contributed by atoms with Gasteiger partial charge in [0.05, 0.1) is 10.2 Å². The predicted octanol–water partition coefficient (Wildman–Crippen LogP) is 3.06. The standard InChI is InChI=1S/C14H17N3O3S/c1-3-14(4-2,11(18)19)17-12(20)16-13-15-9-7-5-6-8-10(9)21-13/h5-8H,3-4H2,1-2H3,(H,18,19)(H2,15,16,17,20). The second-order valence-corrected chi connectivity index (χ2v) is 5.69. The van der Waals surface area contributed by atoms with E-state index in [4.69, 9.17) is 0 Å². The van der Waals surface area contributed by atoms with Crippen molar-refractivity contribution in [3.05, 3.63) is 24.3 Å². The van der Waals surface area contributed by atoms with E-state index in [0.717, 1.165) is 10.2 Å². The van der Waals surface area contributed by atoms with Crippen LogP contribution in [-0.4, -0.2) is 27.6 Å². The van der Waals surface area contributed by atoms with Gasteiger partial charge in [-0.25, -0.2) is 14.6 Å². The van der Waals surface area contributed by atoms with E-state index >= 15 is 0 Å². The molecule has 6 nitrogen and oxygen atoms in total. The lowest BCUT2D eigenvalue weighted by molar-refractivity contribution is -0.144. The summed E-state index contributed by atoms with van der Waals surface area (Å²) in [6.07, 6.45) is 0.623. The number of hydrogen-bond donors (Lipinski definition) is 3. The van der Waals surface area contributed by atoms with E-state index in [1.807, 2.05) is 24.3 Å². The maximum Gasteiger partial charge on any atom is 0.329 e. The molecule has 112 valence electrons. The smallest absolute Gasteiger partial charge is 0.329 e. The van der Waals surface area contributed by atoms with Crippen LogP contribution < -0.4 is 10.6 Å². The number of carboxylic acids is 1. The zero-order valence-corrected chi connectivity index (χ0v) is 12.7. The van der Waals surface area contributed by atoms with E-state index in [-0.39, 0.29) is 0 Å². The Morgan fingerprint density at radius 3 is 2.52 bits per heavy atom. The highest BCUT2D eigenvalue weighted by atomic mass is 32.1. The summed E-state index contributed by atoms with van der Waals surface area (Å²) in [5, 5.41) is 14.9. The molecule has 0 spiro atoms. The number of urea groups is 1. The molecular weight excluding hydrogens is 290 g/mol. The van der Waals surface area contributed by atoms with Gasteiger partial charge in [-0.3, -0.25) is 5.32 Å². The molecule has 2 aromatic rings. The van der Waals surface area contributed by atoms with E-state index in [0.29, 0.717) is 18.0 Å². The molecule has 1 aromatic heterocycles. The molecule has 1 aromatic carbocycles. The van der Waals surface area contributed by atoms with Crippen LogP contribution in [0.15, 0.2) is 24.3 Å². The van der Waals surface area contributed by atoms with Crippen LogP contribution >= 0.6 is 11.3 Å². The monoisotopic (exact) mass is 307 g/mol. The SMILES string of the molecule is CCC(CC)(NC(=O)Nc1nc2ccccc2s1)C(=O)O. The fourth-order valence-electron chi connectivity index (χ4n) is 2.05. The van der Waals surface area contributed by atoms with Crippen LogP contribution in [0.25, 0.3) is 10.2 Å². The molecule has 0 saturated carbocycles. The maximum atomic E-state index is 12.0. The summed E-state index contributed by atoms with van der Waals surface area (Å²) in [5.74, 6) is -1.04. The van der Waals surface area contributed by atoms with Crippen molar-refractivity contribution in [3.63, 3.8) is 0 Å². The number of aromatic nitrogens is 1. The first-order chi connectivity index (χ1) is 10.0. The van der Waals surface area contributed by atoms with E-state index < -0.39 is 17.5 Å². The molecule has 2 amide bonds. The lowest BCUT2D eigenvalue weighted by Gasteiger charge is -2.27. The number of rotatable bonds is 5. The van der Waals surface area contributed by atoms with Gasteiger partial charge in [0.25, 0.3) is 0 Å². The number of aliphatic carboxylic acids is 1. The molecular formula is C14H17N3O3S. The number of anilines is 1. The van der Waals surface area contributed by atoms with Gasteiger partial charge in [-0.1, -0.05) is 37.3 Å². The number of carbonyl (C=O) groups excluding carboxylic acids is 1. The van der Waals surface area contributed by atoms with Crippen LogP contribution in [0.3, 0.4) is 0 Å². The van der Waals surface area contributed by atoms with Crippen LogP contribution in [0.1, 0.15) is 26.7 Å². The molecule has 2 rings (SSSR count). The van der Waals surface area contributed by atoms with Crippen molar-refractivity contribution in [1.29, 1.82) is 0 Å². The molecule has 0 fully saturated rings. The molecule has 0 bridgehead atoms. The molecule has 0 aliphatic rings. The summed E-state index contributed by atoms with van der Waals surface area (Å²) < 4.78 is 0.961.